The van der Waals surface area contributed by atoms with Crippen LogP contribution in [0.3, 0.4) is 0 Å². The summed E-state index contributed by atoms with van der Waals surface area (Å²) < 4.78 is 0. The zero-order valence-corrected chi connectivity index (χ0v) is 6.58. The van der Waals surface area contributed by atoms with Crippen molar-refractivity contribution in [1.82, 2.24) is 16.0 Å². The maximum absolute atomic E-state index is 3.38. The first-order chi connectivity index (χ1) is 4.97. The molecule has 0 aromatic heterocycles. The molecule has 2 saturated heterocycles. The average molecular weight is 158 g/mol. The second-order valence-electron chi connectivity index (χ2n) is 2.52. The third kappa shape index (κ3) is 1.29. The zero-order chi connectivity index (χ0) is 6.81. The van der Waals surface area contributed by atoms with Gasteiger partial charge in [-0.1, -0.05) is 0 Å². The van der Waals surface area contributed by atoms with Crippen LogP contribution in [0, 0.1) is 5.75 Å². The molecule has 2 aliphatic rings. The molecule has 2 rings (SSSR count). The van der Waals surface area contributed by atoms with Crippen molar-refractivity contribution in [2.45, 2.75) is 11.5 Å². The highest BCUT2D eigenvalue weighted by Gasteiger charge is 2.26. The summed E-state index contributed by atoms with van der Waals surface area (Å²) in [5.74, 6) is 2.21. The van der Waals surface area contributed by atoms with Crippen LogP contribution in [0.5, 0.6) is 0 Å². The Morgan fingerprint density at radius 1 is 1.20 bits per heavy atom. The predicted octanol–water partition coefficient (Wildman–Crippen LogP) is -0.670. The number of hydrogen-bond donors (Lipinski definition) is 3. The smallest absolute Gasteiger partial charge is 0.0827 e. The summed E-state index contributed by atoms with van der Waals surface area (Å²) in [6.07, 6.45) is 0.476. The molecule has 1 atom stereocenters. The molecule has 0 spiro atoms. The van der Waals surface area contributed by atoms with Crippen LogP contribution in [0.25, 0.3) is 0 Å². The molecule has 0 amide bonds. The van der Waals surface area contributed by atoms with Crippen molar-refractivity contribution in [2.75, 3.05) is 19.6 Å². The van der Waals surface area contributed by atoms with Crippen LogP contribution < -0.4 is 16.0 Å². The fourth-order valence-electron chi connectivity index (χ4n) is 1.30. The molecule has 0 saturated carbocycles. The highest BCUT2D eigenvalue weighted by molar-refractivity contribution is 8.02. The van der Waals surface area contributed by atoms with Crippen molar-refractivity contribution in [2.24, 2.45) is 0 Å². The van der Waals surface area contributed by atoms with E-state index in [0.717, 1.165) is 19.6 Å². The minimum absolute atomic E-state index is 0.476. The van der Waals surface area contributed by atoms with Gasteiger partial charge in [-0.05, 0) is 0 Å². The van der Waals surface area contributed by atoms with Gasteiger partial charge in [0.05, 0.1) is 11.5 Å². The molecule has 2 heterocycles. The van der Waals surface area contributed by atoms with Crippen molar-refractivity contribution in [3.05, 3.63) is 5.75 Å². The second-order valence-corrected chi connectivity index (χ2v) is 3.63. The van der Waals surface area contributed by atoms with Crippen LogP contribution >= 0.6 is 11.8 Å². The monoisotopic (exact) mass is 158 g/mol. The number of hydrogen-bond acceptors (Lipinski definition) is 4. The van der Waals surface area contributed by atoms with Crippen molar-refractivity contribution >= 4 is 11.8 Å². The second kappa shape index (κ2) is 3.09. The number of rotatable bonds is 1. The van der Waals surface area contributed by atoms with E-state index in [4.69, 9.17) is 0 Å². The van der Waals surface area contributed by atoms with Crippen LogP contribution in [0.4, 0.5) is 0 Å². The Labute approximate surface area is 65.3 Å². The van der Waals surface area contributed by atoms with E-state index in [9.17, 15) is 0 Å². The zero-order valence-electron chi connectivity index (χ0n) is 5.76. The third-order valence-corrected chi connectivity index (χ3v) is 2.89. The van der Waals surface area contributed by atoms with Crippen LogP contribution in [-0.2, 0) is 0 Å². The lowest BCUT2D eigenvalue weighted by Crippen LogP contribution is -2.46. The lowest BCUT2D eigenvalue weighted by Gasteiger charge is -2.17. The van der Waals surface area contributed by atoms with Crippen molar-refractivity contribution in [1.29, 1.82) is 0 Å². The van der Waals surface area contributed by atoms with Gasteiger partial charge in [-0.2, -0.15) is 0 Å². The van der Waals surface area contributed by atoms with Gasteiger partial charge >= 0.3 is 0 Å². The molecule has 3 N–H and O–H groups in total. The van der Waals surface area contributed by atoms with Gasteiger partial charge in [0.2, 0.25) is 0 Å². The van der Waals surface area contributed by atoms with Gasteiger partial charge in [0.25, 0.3) is 0 Å². The van der Waals surface area contributed by atoms with Gasteiger partial charge in [-0.25, -0.2) is 0 Å². The fraction of sp³-hybridized carbons (Fsp3) is 0.833. The number of nitrogens with one attached hydrogen (secondary N) is 3. The molecular formula is C6H12N3S. The van der Waals surface area contributed by atoms with Crippen LogP contribution in [0.15, 0.2) is 0 Å². The summed E-state index contributed by atoms with van der Waals surface area (Å²) >= 11 is 1.88. The SMILES string of the molecule is [CH]1CNC(C2NCCN2)S1. The molecule has 2 aliphatic heterocycles. The Kier molecular flexibility index (Phi) is 2.13. The highest BCUT2D eigenvalue weighted by Crippen LogP contribution is 2.20. The Balaban J connectivity index is 1.85. The largest absolute Gasteiger partial charge is 0.302 e. The Hall–Kier alpha value is 0.230. The Morgan fingerprint density at radius 2 is 2.00 bits per heavy atom. The lowest BCUT2D eigenvalue weighted by molar-refractivity contribution is 0.491. The van der Waals surface area contributed by atoms with Crippen molar-refractivity contribution < 1.29 is 0 Å². The summed E-state index contributed by atoms with van der Waals surface area (Å²) in [6.45, 7) is 3.24. The molecule has 0 aromatic carbocycles. The summed E-state index contributed by atoms with van der Waals surface area (Å²) in [6, 6.07) is 0. The van der Waals surface area contributed by atoms with Gasteiger partial charge in [-0.15, -0.1) is 11.8 Å². The maximum atomic E-state index is 3.38. The lowest BCUT2D eigenvalue weighted by atomic mass is 10.5. The first-order valence-electron chi connectivity index (χ1n) is 3.64. The van der Waals surface area contributed by atoms with Gasteiger partial charge in [0.1, 0.15) is 0 Å². The Bertz CT molecular complexity index is 93.6. The van der Waals surface area contributed by atoms with Gasteiger partial charge in [-0.3, -0.25) is 10.6 Å². The van der Waals surface area contributed by atoms with Gasteiger partial charge < -0.3 is 5.32 Å². The molecule has 0 aliphatic carbocycles. The van der Waals surface area contributed by atoms with E-state index in [1.165, 1.54) is 0 Å². The Morgan fingerprint density at radius 3 is 2.60 bits per heavy atom. The summed E-state index contributed by atoms with van der Waals surface area (Å²) in [5.41, 5.74) is 0. The molecule has 4 heteroatoms. The molecule has 1 radical (unpaired) electrons. The quantitative estimate of drug-likeness (QED) is 0.473. The fourth-order valence-corrected chi connectivity index (χ4v) is 2.24. The summed E-state index contributed by atoms with van der Waals surface area (Å²) in [4.78, 5) is 0. The topological polar surface area (TPSA) is 36.1 Å². The van der Waals surface area contributed by atoms with E-state index in [0.29, 0.717) is 11.5 Å². The van der Waals surface area contributed by atoms with Crippen LogP contribution in [0.1, 0.15) is 0 Å². The summed E-state index contributed by atoms with van der Waals surface area (Å²) in [5, 5.41) is 10.7. The van der Waals surface area contributed by atoms with E-state index in [1.807, 2.05) is 11.8 Å². The highest BCUT2D eigenvalue weighted by atomic mass is 32.2. The normalized spacial score (nSPS) is 35.4. The molecule has 57 valence electrons. The molecule has 0 bridgehead atoms. The summed E-state index contributed by atoms with van der Waals surface area (Å²) in [7, 11) is 0. The molecule has 1 unspecified atom stereocenters. The molecular weight excluding hydrogens is 146 g/mol. The van der Waals surface area contributed by atoms with Crippen molar-refractivity contribution in [3.8, 4) is 0 Å². The molecule has 2 fully saturated rings. The predicted molar refractivity (Wildman–Crippen MR) is 43.5 cm³/mol. The number of thioether (sulfide) groups is 1. The minimum atomic E-state index is 0.476. The van der Waals surface area contributed by atoms with E-state index in [2.05, 4.69) is 21.7 Å². The van der Waals surface area contributed by atoms with Gasteiger partial charge in [0, 0.05) is 25.4 Å². The van der Waals surface area contributed by atoms with Crippen molar-refractivity contribution in [3.63, 3.8) is 0 Å². The van der Waals surface area contributed by atoms with Gasteiger partial charge in [0.15, 0.2) is 0 Å². The first-order valence-corrected chi connectivity index (χ1v) is 4.58. The standard InChI is InChI=1S/C6H12N3S/c1-2-8-5(7-1)6-9-3-4-10-6/h4-9H,1-3H2. The van der Waals surface area contributed by atoms with E-state index < -0.39 is 0 Å². The van der Waals surface area contributed by atoms with E-state index >= 15 is 0 Å². The molecule has 3 nitrogen and oxygen atoms in total. The minimum Gasteiger partial charge on any atom is -0.302 e. The van der Waals surface area contributed by atoms with E-state index in [-0.39, 0.29) is 0 Å². The maximum Gasteiger partial charge on any atom is 0.0827 e. The van der Waals surface area contributed by atoms with Crippen LogP contribution in [-0.4, -0.2) is 31.2 Å². The molecule has 10 heavy (non-hydrogen) atoms. The molecule has 0 aromatic rings. The van der Waals surface area contributed by atoms with Crippen LogP contribution in [0.2, 0.25) is 0 Å². The van der Waals surface area contributed by atoms with E-state index in [1.54, 1.807) is 0 Å². The third-order valence-electron chi connectivity index (χ3n) is 1.80. The average Bonchev–Trinajstić information content (AvgIpc) is 2.59. The first kappa shape index (κ1) is 6.91.